The number of benzene rings is 2. The van der Waals surface area contributed by atoms with E-state index in [0.29, 0.717) is 55.5 Å². The van der Waals surface area contributed by atoms with Gasteiger partial charge in [-0.25, -0.2) is 4.79 Å². The molecule has 7 N–H and O–H groups in total. The lowest BCUT2D eigenvalue weighted by molar-refractivity contribution is 0.0352. The third-order valence-electron chi connectivity index (χ3n) is 9.12. The summed E-state index contributed by atoms with van der Waals surface area (Å²) in [6.07, 6.45) is 7.80. The molecule has 0 radical (unpaired) electrons. The lowest BCUT2D eigenvalue weighted by Crippen LogP contribution is -2.45. The number of piperidine rings is 1. The van der Waals surface area contributed by atoms with Crippen LogP contribution in [0.2, 0.25) is 0 Å². The zero-order chi connectivity index (χ0) is 36.5. The smallest absolute Gasteiger partial charge is 0.320 e. The minimum absolute atomic E-state index is 0.0675. The van der Waals surface area contributed by atoms with Gasteiger partial charge in [0.2, 0.25) is 5.96 Å². The van der Waals surface area contributed by atoms with Crippen molar-refractivity contribution in [1.29, 1.82) is 16.2 Å². The van der Waals surface area contributed by atoms with Gasteiger partial charge in [0.25, 0.3) is 0 Å². The fourth-order valence-electron chi connectivity index (χ4n) is 6.13. The molecule has 1 fully saturated rings. The second kappa shape index (κ2) is 16.7. The number of hydrogen-bond donors (Lipinski definition) is 7. The maximum absolute atomic E-state index is 13.5. The predicted octanol–water partition coefficient (Wildman–Crippen LogP) is 6.18. The maximum Gasteiger partial charge on any atom is 0.320 e. The number of urea groups is 1. The van der Waals surface area contributed by atoms with Crippen LogP contribution in [0.3, 0.4) is 0 Å². The number of carbonyl (C=O) groups excluding carboxylic acids is 1. The van der Waals surface area contributed by atoms with Crippen LogP contribution in [0.5, 0.6) is 5.75 Å². The average molecular weight is 695 g/mol. The minimum atomic E-state index is -0.429. The van der Waals surface area contributed by atoms with E-state index in [4.69, 9.17) is 25.7 Å². The quantitative estimate of drug-likeness (QED) is 0.0717. The van der Waals surface area contributed by atoms with Crippen LogP contribution in [0.4, 0.5) is 10.5 Å². The van der Waals surface area contributed by atoms with Gasteiger partial charge in [0.05, 0.1) is 31.6 Å². The van der Waals surface area contributed by atoms with Gasteiger partial charge in [0.15, 0.2) is 0 Å². The Balaban J connectivity index is 1.26. The van der Waals surface area contributed by atoms with Crippen LogP contribution in [0.25, 0.3) is 0 Å². The fraction of sp³-hybridized carbons (Fsp3) is 0.385. The molecule has 51 heavy (non-hydrogen) atoms. The van der Waals surface area contributed by atoms with Crippen molar-refractivity contribution in [2.75, 3.05) is 25.0 Å². The van der Waals surface area contributed by atoms with E-state index in [1.54, 1.807) is 47.2 Å². The Hall–Kier alpha value is -5.20. The van der Waals surface area contributed by atoms with Gasteiger partial charge in [-0.05, 0) is 66.6 Å². The second-order valence-corrected chi connectivity index (χ2v) is 13.9. The Morgan fingerprint density at radius 3 is 2.37 bits per heavy atom. The SMILES string of the molecule is C=CCOC1CCN(C(=N)n2cc(O[C@@H]3CC[C@H](NC(=O)N/C(=C/C(=N)C(C)(C)C)Nc4ccc(CO)cc4)c4ccccc43)ccc2=N)CC1. The van der Waals surface area contributed by atoms with Crippen molar-refractivity contribution in [2.24, 2.45) is 5.41 Å². The maximum atomic E-state index is 13.5. The highest BCUT2D eigenvalue weighted by atomic mass is 16.5. The standard InChI is InChI=1S/C39H50N8O4/c1-5-22-50-28-18-20-46(21-19-28)37(42)47-24-29(14-17-35(47)41)51-33-16-15-32(30-8-6-7-9-31(30)33)44-38(49)45-36(23-34(40)39(2,3)4)43-27-12-10-26(25-48)11-13-27/h5-14,17,23-24,28,32-33,40-43,48H,1,15-16,18-22,25H2,2-4H3,(H2,44,45,49)/b36-23+,40-34?,41-35?,42-37?/t32-,33+/m0/s1. The van der Waals surface area contributed by atoms with Crippen LogP contribution < -0.4 is 26.2 Å². The van der Waals surface area contributed by atoms with Crippen molar-refractivity contribution in [2.45, 2.75) is 71.3 Å². The van der Waals surface area contributed by atoms with Crippen molar-refractivity contribution >= 4 is 23.4 Å². The number of rotatable bonds is 11. The molecule has 3 aromatic rings. The number of hydrogen-bond acceptors (Lipinski definition) is 8. The number of aliphatic hydroxyl groups is 1. The fourth-order valence-corrected chi connectivity index (χ4v) is 6.13. The first-order chi connectivity index (χ1) is 24.4. The number of allylic oxidation sites excluding steroid dienone is 1. The Kier molecular flexibility index (Phi) is 12.1. The van der Waals surface area contributed by atoms with Gasteiger partial charge in [-0.3, -0.25) is 20.7 Å². The molecule has 5 rings (SSSR count). The first kappa shape index (κ1) is 37.1. The summed E-state index contributed by atoms with van der Waals surface area (Å²) in [4.78, 5) is 15.4. The van der Waals surface area contributed by atoms with Crippen LogP contribution in [0, 0.1) is 21.6 Å². The number of carbonyl (C=O) groups is 1. The Morgan fingerprint density at radius 1 is 1.00 bits per heavy atom. The molecule has 2 atom stereocenters. The molecule has 0 bridgehead atoms. The monoisotopic (exact) mass is 694 g/mol. The van der Waals surface area contributed by atoms with Gasteiger partial charge in [-0.15, -0.1) is 6.58 Å². The second-order valence-electron chi connectivity index (χ2n) is 13.9. The Labute approximate surface area is 299 Å². The molecule has 1 aliphatic carbocycles. The molecule has 2 aromatic carbocycles. The number of aromatic nitrogens is 1. The predicted molar refractivity (Wildman–Crippen MR) is 199 cm³/mol. The highest BCUT2D eigenvalue weighted by molar-refractivity contribution is 5.97. The van der Waals surface area contributed by atoms with Gasteiger partial charge >= 0.3 is 6.03 Å². The van der Waals surface area contributed by atoms with Crippen LogP contribution in [0.1, 0.15) is 75.3 Å². The number of amides is 2. The van der Waals surface area contributed by atoms with Crippen LogP contribution in [-0.4, -0.2) is 58.1 Å². The van der Waals surface area contributed by atoms with Gasteiger partial charge in [-0.2, -0.15) is 0 Å². The van der Waals surface area contributed by atoms with E-state index in [1.807, 2.05) is 62.1 Å². The average Bonchev–Trinajstić information content (AvgIpc) is 3.12. The van der Waals surface area contributed by atoms with E-state index in [9.17, 15) is 9.90 Å². The lowest BCUT2D eigenvalue weighted by Gasteiger charge is -2.34. The number of likely N-dealkylation sites (tertiary alicyclic amines) is 1. The molecular formula is C39H50N8O4. The van der Waals surface area contributed by atoms with Crippen LogP contribution >= 0.6 is 0 Å². The third-order valence-corrected chi connectivity index (χ3v) is 9.12. The van der Waals surface area contributed by atoms with Gasteiger partial charge < -0.3 is 35.5 Å². The van der Waals surface area contributed by atoms with Crippen molar-refractivity contribution in [1.82, 2.24) is 20.1 Å². The summed E-state index contributed by atoms with van der Waals surface area (Å²) < 4.78 is 13.9. The normalized spacial score (nSPS) is 18.0. The van der Waals surface area contributed by atoms with E-state index in [0.717, 1.165) is 29.5 Å². The zero-order valence-electron chi connectivity index (χ0n) is 29.7. The molecule has 2 aliphatic rings. The summed E-state index contributed by atoms with van der Waals surface area (Å²) in [6.45, 7) is 11.3. The number of aliphatic hydroxyl groups excluding tert-OH is 1. The number of ether oxygens (including phenoxy) is 2. The highest BCUT2D eigenvalue weighted by Gasteiger charge is 2.30. The number of anilines is 1. The molecule has 270 valence electrons. The van der Waals surface area contributed by atoms with Crippen LogP contribution in [0.15, 0.2) is 91.4 Å². The molecule has 1 aromatic heterocycles. The summed E-state index contributed by atoms with van der Waals surface area (Å²) in [5.41, 5.74) is 3.49. The third kappa shape index (κ3) is 9.74. The summed E-state index contributed by atoms with van der Waals surface area (Å²) in [7, 11) is 0. The number of pyridine rings is 1. The topological polar surface area (TPSA) is 172 Å². The molecule has 2 amide bonds. The summed E-state index contributed by atoms with van der Waals surface area (Å²) in [5.74, 6) is 1.14. The molecule has 0 unspecified atom stereocenters. The summed E-state index contributed by atoms with van der Waals surface area (Å²) in [5, 5.41) is 44.6. The molecule has 0 saturated carbocycles. The van der Waals surface area contributed by atoms with Gasteiger partial charge in [0.1, 0.15) is 23.2 Å². The van der Waals surface area contributed by atoms with Crippen molar-refractivity contribution < 1.29 is 19.4 Å². The van der Waals surface area contributed by atoms with Crippen molar-refractivity contribution in [3.8, 4) is 5.75 Å². The Bertz CT molecular complexity index is 1800. The number of fused-ring (bicyclic) bond motifs is 1. The van der Waals surface area contributed by atoms with E-state index in [1.165, 1.54) is 0 Å². The molecule has 12 heteroatoms. The van der Waals surface area contributed by atoms with Gasteiger partial charge in [-0.1, -0.05) is 63.2 Å². The molecule has 1 aliphatic heterocycles. The Morgan fingerprint density at radius 2 is 1.71 bits per heavy atom. The van der Waals surface area contributed by atoms with Crippen LogP contribution in [-0.2, 0) is 11.3 Å². The largest absolute Gasteiger partial charge is 0.484 e. The van der Waals surface area contributed by atoms with Crippen molar-refractivity contribution in [3.63, 3.8) is 0 Å². The number of nitrogens with one attached hydrogen (secondary N) is 6. The molecule has 2 heterocycles. The van der Waals surface area contributed by atoms with E-state index in [2.05, 4.69) is 22.5 Å². The first-order valence-corrected chi connectivity index (χ1v) is 17.4. The van der Waals surface area contributed by atoms with Gasteiger partial charge in [0, 0.05) is 36.0 Å². The molecule has 12 nitrogen and oxygen atoms in total. The first-order valence-electron chi connectivity index (χ1n) is 17.4. The minimum Gasteiger partial charge on any atom is -0.484 e. The summed E-state index contributed by atoms with van der Waals surface area (Å²) >= 11 is 0. The highest BCUT2D eigenvalue weighted by Crippen LogP contribution is 2.38. The molecule has 1 saturated heterocycles. The zero-order valence-corrected chi connectivity index (χ0v) is 29.7. The van der Waals surface area contributed by atoms with E-state index in [-0.39, 0.29) is 36.3 Å². The van der Waals surface area contributed by atoms with Crippen molar-refractivity contribution in [3.05, 3.63) is 114 Å². The number of nitrogens with zero attached hydrogens (tertiary/aromatic N) is 2. The van der Waals surface area contributed by atoms with E-state index < -0.39 is 11.4 Å². The summed E-state index contributed by atoms with van der Waals surface area (Å²) in [6, 6.07) is 17.8. The molecular weight excluding hydrogens is 644 g/mol. The molecule has 0 spiro atoms. The lowest BCUT2D eigenvalue weighted by atomic mass is 9.85. The van der Waals surface area contributed by atoms with E-state index >= 15 is 0 Å².